The molecule has 0 radical (unpaired) electrons. The molecular formula is C29H26Br2N2O3. The Hall–Kier alpha value is -2.90. The van der Waals surface area contributed by atoms with Crippen LogP contribution in [0.2, 0.25) is 0 Å². The van der Waals surface area contributed by atoms with Gasteiger partial charge in [0.05, 0.1) is 28.4 Å². The number of carbonyl (C=O) groups excluding carboxylic acids is 1. The van der Waals surface area contributed by atoms with Crippen molar-refractivity contribution in [2.75, 3.05) is 11.6 Å². The van der Waals surface area contributed by atoms with Gasteiger partial charge in [-0.25, -0.2) is 0 Å². The maximum atomic E-state index is 13.7. The number of rotatable bonds is 7. The van der Waals surface area contributed by atoms with Gasteiger partial charge >= 0.3 is 0 Å². The summed E-state index contributed by atoms with van der Waals surface area (Å²) < 4.78 is 14.0. The molecule has 1 heterocycles. The van der Waals surface area contributed by atoms with Crippen molar-refractivity contribution < 1.29 is 14.3 Å². The van der Waals surface area contributed by atoms with Crippen molar-refractivity contribution in [1.29, 1.82) is 0 Å². The monoisotopic (exact) mass is 608 g/mol. The van der Waals surface area contributed by atoms with Gasteiger partial charge in [-0.15, -0.1) is 0 Å². The summed E-state index contributed by atoms with van der Waals surface area (Å²) in [7, 11) is 0. The Bertz CT molecular complexity index is 1330. The number of hydrogen-bond acceptors (Lipinski definition) is 4. The molecule has 3 aromatic rings. The van der Waals surface area contributed by atoms with Crippen molar-refractivity contribution in [3.63, 3.8) is 0 Å². The van der Waals surface area contributed by atoms with Crippen LogP contribution in [0, 0.1) is 0 Å². The number of benzene rings is 3. The first kappa shape index (κ1) is 24.8. The van der Waals surface area contributed by atoms with Crippen LogP contribution in [0.25, 0.3) is 6.08 Å². The Labute approximate surface area is 228 Å². The third kappa shape index (κ3) is 5.27. The molecule has 0 bridgehead atoms. The van der Waals surface area contributed by atoms with Crippen LogP contribution in [0.3, 0.4) is 0 Å². The second-order valence-electron chi connectivity index (χ2n) is 8.76. The molecule has 1 amide bonds. The highest BCUT2D eigenvalue weighted by atomic mass is 79.9. The summed E-state index contributed by atoms with van der Waals surface area (Å²) in [6.45, 7) is 2.47. The first-order chi connectivity index (χ1) is 17.5. The number of hydrogen-bond donors (Lipinski definition) is 0. The van der Waals surface area contributed by atoms with Gasteiger partial charge in [0.15, 0.2) is 11.5 Å². The first-order valence-electron chi connectivity index (χ1n) is 12.1. The molecule has 36 heavy (non-hydrogen) atoms. The van der Waals surface area contributed by atoms with E-state index < -0.39 is 0 Å². The van der Waals surface area contributed by atoms with E-state index in [4.69, 9.17) is 14.6 Å². The molecule has 1 aliphatic carbocycles. The van der Waals surface area contributed by atoms with E-state index in [0.717, 1.165) is 38.7 Å². The van der Waals surface area contributed by atoms with Gasteiger partial charge in [0.1, 0.15) is 5.71 Å². The lowest BCUT2D eigenvalue weighted by Gasteiger charge is -2.19. The number of anilines is 1. The smallest absolute Gasteiger partial charge is 0.281 e. The zero-order valence-corrected chi connectivity index (χ0v) is 23.1. The van der Waals surface area contributed by atoms with Crippen LogP contribution >= 0.6 is 31.9 Å². The number of nitrogens with zero attached hydrogens (tertiary/aromatic N) is 2. The van der Waals surface area contributed by atoms with Gasteiger partial charge in [0.2, 0.25) is 0 Å². The van der Waals surface area contributed by atoms with Crippen LogP contribution in [0.4, 0.5) is 5.69 Å². The van der Waals surface area contributed by atoms with E-state index in [0.29, 0.717) is 29.3 Å². The molecule has 0 unspecified atom stereocenters. The van der Waals surface area contributed by atoms with Crippen LogP contribution < -0.4 is 14.5 Å². The third-order valence-corrected chi connectivity index (χ3v) is 7.29. The topological polar surface area (TPSA) is 51.1 Å². The molecule has 7 heteroatoms. The fraction of sp³-hybridized carbons (Fsp3) is 0.241. The lowest BCUT2D eigenvalue weighted by atomic mass is 10.00. The molecule has 0 N–H and O–H groups in total. The number of hydrazone groups is 1. The van der Waals surface area contributed by atoms with Gasteiger partial charge < -0.3 is 9.47 Å². The molecule has 5 nitrogen and oxygen atoms in total. The molecule has 1 saturated carbocycles. The molecule has 184 valence electrons. The summed E-state index contributed by atoms with van der Waals surface area (Å²) in [5.41, 5.74) is 3.54. The summed E-state index contributed by atoms with van der Waals surface area (Å²) in [6.07, 6.45) is 6.57. The van der Waals surface area contributed by atoms with E-state index in [1.807, 2.05) is 79.7 Å². The molecule has 1 fully saturated rings. The largest absolute Gasteiger partial charge is 0.490 e. The van der Waals surface area contributed by atoms with E-state index in [1.165, 1.54) is 17.9 Å². The molecule has 5 rings (SSSR count). The van der Waals surface area contributed by atoms with E-state index >= 15 is 0 Å². The van der Waals surface area contributed by atoms with Crippen molar-refractivity contribution >= 4 is 55.2 Å². The zero-order chi connectivity index (χ0) is 25.1. The number of amides is 1. The standard InChI is InChI=1S/C29H26Br2N2O3/c1-2-35-26-17-19(16-25(31)28(26)36-23-13-6-7-14-23)15-24-27(20-9-4-3-5-10-20)32-33(29(24)34)22-12-8-11-21(30)18-22/h3-5,8-12,15-18,23H,2,6-7,13-14H2,1H3/b24-15-. The fourth-order valence-corrected chi connectivity index (χ4v) is 5.47. The van der Waals surface area contributed by atoms with E-state index in [1.54, 1.807) is 0 Å². The second kappa shape index (κ2) is 11.0. The quantitative estimate of drug-likeness (QED) is 0.257. The maximum absolute atomic E-state index is 13.7. The third-order valence-electron chi connectivity index (χ3n) is 6.21. The fourth-order valence-electron chi connectivity index (χ4n) is 4.52. The lowest BCUT2D eigenvalue weighted by molar-refractivity contribution is -0.114. The average molecular weight is 610 g/mol. The van der Waals surface area contributed by atoms with Crippen molar-refractivity contribution in [3.8, 4) is 11.5 Å². The van der Waals surface area contributed by atoms with Gasteiger partial charge in [0.25, 0.3) is 5.91 Å². The molecule has 3 aromatic carbocycles. The minimum Gasteiger partial charge on any atom is -0.490 e. The highest BCUT2D eigenvalue weighted by molar-refractivity contribution is 9.10. The Morgan fingerprint density at radius 2 is 1.81 bits per heavy atom. The van der Waals surface area contributed by atoms with Crippen LogP contribution in [0.1, 0.15) is 43.7 Å². The number of halogens is 2. The Morgan fingerprint density at radius 1 is 1.03 bits per heavy atom. The van der Waals surface area contributed by atoms with E-state index in [-0.39, 0.29) is 12.0 Å². The normalized spacial score (nSPS) is 17.1. The predicted molar refractivity (Wildman–Crippen MR) is 151 cm³/mol. The van der Waals surface area contributed by atoms with Crippen molar-refractivity contribution in [2.24, 2.45) is 5.10 Å². The van der Waals surface area contributed by atoms with Gasteiger partial charge in [-0.2, -0.15) is 10.1 Å². The van der Waals surface area contributed by atoms with Crippen molar-refractivity contribution in [3.05, 3.63) is 92.4 Å². The number of ether oxygens (including phenoxy) is 2. The molecule has 2 aliphatic rings. The van der Waals surface area contributed by atoms with Gasteiger partial charge in [-0.05, 0) is 90.5 Å². The molecule has 0 atom stereocenters. The molecular weight excluding hydrogens is 584 g/mol. The lowest BCUT2D eigenvalue weighted by Crippen LogP contribution is -2.21. The van der Waals surface area contributed by atoms with Crippen molar-refractivity contribution in [1.82, 2.24) is 0 Å². The summed E-state index contributed by atoms with van der Waals surface area (Å²) in [5.74, 6) is 1.20. The Kier molecular flexibility index (Phi) is 7.58. The maximum Gasteiger partial charge on any atom is 0.281 e. The Balaban J connectivity index is 1.56. The summed E-state index contributed by atoms with van der Waals surface area (Å²) in [5, 5.41) is 6.19. The number of carbonyl (C=O) groups is 1. The molecule has 0 aromatic heterocycles. The minimum absolute atomic E-state index is 0.188. The summed E-state index contributed by atoms with van der Waals surface area (Å²) in [4.78, 5) is 13.7. The zero-order valence-electron chi connectivity index (χ0n) is 19.9. The first-order valence-corrected chi connectivity index (χ1v) is 13.7. The highest BCUT2D eigenvalue weighted by Crippen LogP contribution is 2.40. The van der Waals surface area contributed by atoms with Gasteiger partial charge in [0, 0.05) is 10.0 Å². The van der Waals surface area contributed by atoms with Gasteiger partial charge in [-0.1, -0.05) is 52.3 Å². The summed E-state index contributed by atoms with van der Waals surface area (Å²) >= 11 is 7.19. The molecule has 0 spiro atoms. The van der Waals surface area contributed by atoms with E-state index in [2.05, 4.69) is 31.9 Å². The Morgan fingerprint density at radius 3 is 2.53 bits per heavy atom. The van der Waals surface area contributed by atoms with Gasteiger partial charge in [-0.3, -0.25) is 4.79 Å². The van der Waals surface area contributed by atoms with Crippen LogP contribution in [0.15, 0.2) is 86.3 Å². The van der Waals surface area contributed by atoms with Crippen LogP contribution in [-0.4, -0.2) is 24.3 Å². The highest BCUT2D eigenvalue weighted by Gasteiger charge is 2.32. The molecule has 1 aliphatic heterocycles. The van der Waals surface area contributed by atoms with Crippen molar-refractivity contribution in [2.45, 2.75) is 38.7 Å². The van der Waals surface area contributed by atoms with E-state index in [9.17, 15) is 4.79 Å². The average Bonchev–Trinajstić information content (AvgIpc) is 3.50. The minimum atomic E-state index is -0.188. The van der Waals surface area contributed by atoms with Crippen LogP contribution in [-0.2, 0) is 4.79 Å². The predicted octanol–water partition coefficient (Wildman–Crippen LogP) is 7.77. The van der Waals surface area contributed by atoms with Crippen LogP contribution in [0.5, 0.6) is 11.5 Å². The summed E-state index contributed by atoms with van der Waals surface area (Å²) in [6, 6.07) is 21.2. The SMILES string of the molecule is CCOc1cc(/C=C2\C(=O)N(c3cccc(Br)c3)N=C2c2ccccc2)cc(Br)c1OC1CCCC1. The molecule has 0 saturated heterocycles. The second-order valence-corrected chi connectivity index (χ2v) is 10.5.